The van der Waals surface area contributed by atoms with Gasteiger partial charge in [-0.3, -0.25) is 4.79 Å². The van der Waals surface area contributed by atoms with Gasteiger partial charge in [0.15, 0.2) is 0 Å². The maximum Gasteiger partial charge on any atom is 0.244 e. The van der Waals surface area contributed by atoms with Crippen LogP contribution in [0, 0.1) is 0 Å². The number of halogens is 2. The lowest BCUT2D eigenvalue weighted by atomic mass is 10.0. The number of aliphatic hydroxyl groups is 1. The number of rotatable bonds is 6. The highest BCUT2D eigenvalue weighted by Crippen LogP contribution is 2.21. The van der Waals surface area contributed by atoms with Crippen molar-refractivity contribution in [3.05, 3.63) is 39.9 Å². The van der Waals surface area contributed by atoms with Crippen LogP contribution in [0.1, 0.15) is 32.3 Å². The molecule has 3 nitrogen and oxygen atoms in total. The fourth-order valence-electron chi connectivity index (χ4n) is 1.77. The number of hydrogen-bond donors (Lipinski definition) is 2. The largest absolute Gasteiger partial charge is 0.388 e. The molecule has 0 spiro atoms. The Morgan fingerprint density at radius 1 is 1.45 bits per heavy atom. The van der Waals surface area contributed by atoms with Crippen LogP contribution >= 0.6 is 23.2 Å². The van der Waals surface area contributed by atoms with Crippen molar-refractivity contribution in [2.75, 3.05) is 6.54 Å². The van der Waals surface area contributed by atoms with Gasteiger partial charge in [0.05, 0.1) is 5.60 Å². The van der Waals surface area contributed by atoms with E-state index in [1.807, 2.05) is 6.92 Å². The van der Waals surface area contributed by atoms with E-state index in [-0.39, 0.29) is 12.5 Å². The molecule has 1 rings (SSSR count). The summed E-state index contributed by atoms with van der Waals surface area (Å²) in [4.78, 5) is 11.7. The lowest BCUT2D eigenvalue weighted by molar-refractivity contribution is -0.117. The van der Waals surface area contributed by atoms with Crippen molar-refractivity contribution in [2.45, 2.75) is 32.3 Å². The summed E-state index contributed by atoms with van der Waals surface area (Å²) in [7, 11) is 0. The monoisotopic (exact) mass is 315 g/mol. The summed E-state index contributed by atoms with van der Waals surface area (Å²) in [5.41, 5.74) is -0.207. The van der Waals surface area contributed by atoms with Crippen LogP contribution in [0.3, 0.4) is 0 Å². The highest BCUT2D eigenvalue weighted by Gasteiger charge is 2.19. The van der Waals surface area contributed by atoms with E-state index in [0.717, 1.165) is 6.42 Å². The summed E-state index contributed by atoms with van der Waals surface area (Å²) in [6, 6.07) is 5.04. The van der Waals surface area contributed by atoms with E-state index in [9.17, 15) is 9.90 Å². The molecule has 0 radical (unpaired) electrons. The standard InChI is InChI=1S/C15H19Cl2NO2/c1-3-8-15(2,20)10-18-14(19)7-4-11-9-12(16)5-6-13(11)17/h4-7,9,20H,3,8,10H2,1-2H3,(H,18,19)/b7-4+. The van der Waals surface area contributed by atoms with Crippen LogP contribution in [0.5, 0.6) is 0 Å². The Hall–Kier alpha value is -1.03. The average molecular weight is 316 g/mol. The minimum Gasteiger partial charge on any atom is -0.388 e. The summed E-state index contributed by atoms with van der Waals surface area (Å²) in [5, 5.41) is 13.7. The maximum absolute atomic E-state index is 11.7. The predicted octanol–water partition coefficient (Wildman–Crippen LogP) is 3.67. The molecule has 20 heavy (non-hydrogen) atoms. The first-order valence-corrected chi connectivity index (χ1v) is 7.23. The molecule has 0 bridgehead atoms. The Morgan fingerprint density at radius 3 is 2.80 bits per heavy atom. The van der Waals surface area contributed by atoms with Crippen LogP contribution in [-0.2, 0) is 4.79 Å². The molecule has 1 atom stereocenters. The minimum atomic E-state index is -0.883. The fraction of sp³-hybridized carbons (Fsp3) is 0.400. The van der Waals surface area contributed by atoms with Crippen molar-refractivity contribution >= 4 is 35.2 Å². The zero-order valence-electron chi connectivity index (χ0n) is 11.6. The van der Waals surface area contributed by atoms with Crippen LogP contribution in [-0.4, -0.2) is 23.2 Å². The molecule has 1 aromatic carbocycles. The van der Waals surface area contributed by atoms with Gasteiger partial charge in [0.25, 0.3) is 0 Å². The summed E-state index contributed by atoms with van der Waals surface area (Å²) >= 11 is 11.9. The van der Waals surface area contributed by atoms with Crippen LogP contribution < -0.4 is 5.32 Å². The quantitative estimate of drug-likeness (QED) is 0.787. The Labute approximate surface area is 129 Å². The van der Waals surface area contributed by atoms with Crippen LogP contribution in [0.15, 0.2) is 24.3 Å². The lowest BCUT2D eigenvalue weighted by Gasteiger charge is -2.22. The Morgan fingerprint density at radius 2 is 2.15 bits per heavy atom. The molecule has 1 unspecified atom stereocenters. The van der Waals surface area contributed by atoms with Gasteiger partial charge < -0.3 is 10.4 Å². The molecule has 5 heteroatoms. The molecular formula is C15H19Cl2NO2. The first-order chi connectivity index (χ1) is 9.34. The summed E-state index contributed by atoms with van der Waals surface area (Å²) in [6.07, 6.45) is 4.46. The highest BCUT2D eigenvalue weighted by molar-refractivity contribution is 6.34. The van der Waals surface area contributed by atoms with Crippen molar-refractivity contribution in [2.24, 2.45) is 0 Å². The van der Waals surface area contributed by atoms with Gasteiger partial charge in [-0.05, 0) is 43.2 Å². The molecular weight excluding hydrogens is 297 g/mol. The first kappa shape index (κ1) is 17.0. The Balaban J connectivity index is 2.58. The average Bonchev–Trinajstić information content (AvgIpc) is 2.37. The third-order valence-electron chi connectivity index (χ3n) is 2.80. The van der Waals surface area contributed by atoms with E-state index in [1.54, 1.807) is 31.2 Å². The number of benzene rings is 1. The first-order valence-electron chi connectivity index (χ1n) is 6.47. The Bertz CT molecular complexity index is 499. The summed E-state index contributed by atoms with van der Waals surface area (Å²) in [5.74, 6) is -0.280. The van der Waals surface area contributed by atoms with Gasteiger partial charge in [-0.2, -0.15) is 0 Å². The van der Waals surface area contributed by atoms with Crippen molar-refractivity contribution < 1.29 is 9.90 Å². The van der Waals surface area contributed by atoms with Crippen LogP contribution in [0.25, 0.3) is 6.08 Å². The topological polar surface area (TPSA) is 49.3 Å². The van der Waals surface area contributed by atoms with Gasteiger partial charge in [-0.15, -0.1) is 0 Å². The van der Waals surface area contributed by atoms with E-state index in [0.29, 0.717) is 22.0 Å². The van der Waals surface area contributed by atoms with Crippen molar-refractivity contribution in [3.8, 4) is 0 Å². The molecule has 0 aliphatic rings. The van der Waals surface area contributed by atoms with E-state index >= 15 is 0 Å². The number of carbonyl (C=O) groups is 1. The second-order valence-corrected chi connectivity index (χ2v) is 5.81. The van der Waals surface area contributed by atoms with E-state index in [1.165, 1.54) is 6.08 Å². The van der Waals surface area contributed by atoms with Gasteiger partial charge in [0.1, 0.15) is 0 Å². The molecule has 0 fully saturated rings. The third kappa shape index (κ3) is 5.95. The fourth-order valence-corrected chi connectivity index (χ4v) is 2.13. The van der Waals surface area contributed by atoms with Gasteiger partial charge in [-0.1, -0.05) is 36.5 Å². The normalized spacial score (nSPS) is 14.2. The van der Waals surface area contributed by atoms with Crippen molar-refractivity contribution in [1.29, 1.82) is 0 Å². The zero-order valence-corrected chi connectivity index (χ0v) is 13.1. The molecule has 0 saturated carbocycles. The molecule has 0 aromatic heterocycles. The van der Waals surface area contributed by atoms with Crippen LogP contribution in [0.2, 0.25) is 10.0 Å². The highest BCUT2D eigenvalue weighted by atomic mass is 35.5. The summed E-state index contributed by atoms with van der Waals surface area (Å²) in [6.45, 7) is 3.90. The maximum atomic E-state index is 11.7. The molecule has 2 N–H and O–H groups in total. The molecule has 0 aliphatic carbocycles. The molecule has 1 aromatic rings. The van der Waals surface area contributed by atoms with Gasteiger partial charge in [-0.25, -0.2) is 0 Å². The third-order valence-corrected chi connectivity index (χ3v) is 3.38. The van der Waals surface area contributed by atoms with Crippen molar-refractivity contribution in [3.63, 3.8) is 0 Å². The second-order valence-electron chi connectivity index (χ2n) is 4.96. The molecule has 0 aliphatic heterocycles. The number of carbonyl (C=O) groups excluding carboxylic acids is 1. The van der Waals surface area contributed by atoms with Crippen molar-refractivity contribution in [1.82, 2.24) is 5.32 Å². The summed E-state index contributed by atoms with van der Waals surface area (Å²) < 4.78 is 0. The number of hydrogen-bond acceptors (Lipinski definition) is 2. The SMILES string of the molecule is CCCC(C)(O)CNC(=O)/C=C/c1cc(Cl)ccc1Cl. The van der Waals surface area contributed by atoms with Gasteiger partial charge >= 0.3 is 0 Å². The number of amides is 1. The van der Waals surface area contributed by atoms with E-state index in [4.69, 9.17) is 23.2 Å². The van der Waals surface area contributed by atoms with E-state index < -0.39 is 5.60 Å². The molecule has 0 heterocycles. The lowest BCUT2D eigenvalue weighted by Crippen LogP contribution is -2.39. The van der Waals surface area contributed by atoms with Gasteiger partial charge in [0.2, 0.25) is 5.91 Å². The molecule has 0 saturated heterocycles. The molecule has 1 amide bonds. The van der Waals surface area contributed by atoms with Gasteiger partial charge in [0, 0.05) is 22.7 Å². The zero-order chi connectivity index (χ0) is 15.2. The minimum absolute atomic E-state index is 0.216. The smallest absolute Gasteiger partial charge is 0.244 e. The number of nitrogens with one attached hydrogen (secondary N) is 1. The van der Waals surface area contributed by atoms with E-state index in [2.05, 4.69) is 5.32 Å². The Kier molecular flexibility index (Phi) is 6.53. The predicted molar refractivity (Wildman–Crippen MR) is 84.0 cm³/mol. The van der Waals surface area contributed by atoms with Crippen LogP contribution in [0.4, 0.5) is 0 Å². The second kappa shape index (κ2) is 7.67. The molecule has 110 valence electrons.